The van der Waals surface area contributed by atoms with Crippen molar-refractivity contribution in [1.82, 2.24) is 10.6 Å². The fourth-order valence-corrected chi connectivity index (χ4v) is 2.77. The highest BCUT2D eigenvalue weighted by Crippen LogP contribution is 2.36. The molecule has 0 aromatic carbocycles. The van der Waals surface area contributed by atoms with Gasteiger partial charge in [-0.3, -0.25) is 0 Å². The summed E-state index contributed by atoms with van der Waals surface area (Å²) in [5, 5.41) is 7.08. The van der Waals surface area contributed by atoms with Crippen LogP contribution in [0.1, 0.15) is 25.7 Å². The first-order valence-electron chi connectivity index (χ1n) is 7.66. The lowest BCUT2D eigenvalue weighted by Gasteiger charge is -2.05. The second-order valence-corrected chi connectivity index (χ2v) is 6.10. The third-order valence-corrected chi connectivity index (χ3v) is 4.51. The van der Waals surface area contributed by atoms with E-state index in [1.807, 2.05) is 0 Å². The number of unbranched alkanes of at least 4 members (excludes halogenated alkanes) is 1. The zero-order chi connectivity index (χ0) is 12.8. The van der Waals surface area contributed by atoms with Crippen LogP contribution in [0, 0.1) is 23.7 Å². The standard InChI is InChI=1S/C14H30N4/c15-7-11-5-13(11)9-17-3-1-2-4-18-10-14-6-12(14)8-16/h11-14,17-18H,1-10,15-16H2/t11-,12+,13-,14+. The van der Waals surface area contributed by atoms with Crippen LogP contribution in [0.25, 0.3) is 0 Å². The zero-order valence-electron chi connectivity index (χ0n) is 11.5. The summed E-state index contributed by atoms with van der Waals surface area (Å²) in [4.78, 5) is 0. The first-order valence-corrected chi connectivity index (χ1v) is 7.66. The van der Waals surface area contributed by atoms with Gasteiger partial charge in [0, 0.05) is 0 Å². The Hall–Kier alpha value is -0.160. The Balaban J connectivity index is 1.28. The largest absolute Gasteiger partial charge is 0.330 e. The van der Waals surface area contributed by atoms with Crippen LogP contribution >= 0.6 is 0 Å². The Labute approximate surface area is 111 Å². The number of rotatable bonds is 11. The molecule has 0 heterocycles. The van der Waals surface area contributed by atoms with Crippen LogP contribution in [-0.2, 0) is 0 Å². The fraction of sp³-hybridized carbons (Fsp3) is 1.00. The van der Waals surface area contributed by atoms with Crippen LogP contribution in [0.2, 0.25) is 0 Å². The molecule has 106 valence electrons. The second kappa shape index (κ2) is 7.43. The van der Waals surface area contributed by atoms with Crippen molar-refractivity contribution in [3.8, 4) is 0 Å². The number of hydrogen-bond donors (Lipinski definition) is 4. The van der Waals surface area contributed by atoms with E-state index in [2.05, 4.69) is 10.6 Å². The van der Waals surface area contributed by atoms with E-state index in [1.165, 1.54) is 38.8 Å². The third kappa shape index (κ3) is 4.84. The molecule has 6 N–H and O–H groups in total. The minimum Gasteiger partial charge on any atom is -0.330 e. The topological polar surface area (TPSA) is 76.1 Å². The number of nitrogens with two attached hydrogens (primary N) is 2. The Morgan fingerprint density at radius 3 is 1.50 bits per heavy atom. The van der Waals surface area contributed by atoms with Crippen molar-refractivity contribution in [2.45, 2.75) is 25.7 Å². The summed E-state index contributed by atoms with van der Waals surface area (Å²) in [6.07, 6.45) is 5.24. The van der Waals surface area contributed by atoms with Gasteiger partial charge >= 0.3 is 0 Å². The Bertz CT molecular complexity index is 210. The summed E-state index contributed by atoms with van der Waals surface area (Å²) in [6.45, 7) is 6.42. The Morgan fingerprint density at radius 1 is 0.722 bits per heavy atom. The molecule has 4 heteroatoms. The van der Waals surface area contributed by atoms with Crippen molar-refractivity contribution < 1.29 is 0 Å². The van der Waals surface area contributed by atoms with E-state index in [0.717, 1.165) is 49.9 Å². The van der Waals surface area contributed by atoms with E-state index in [0.29, 0.717) is 0 Å². The molecule has 0 radical (unpaired) electrons. The van der Waals surface area contributed by atoms with E-state index < -0.39 is 0 Å². The summed E-state index contributed by atoms with van der Waals surface area (Å²) in [6, 6.07) is 0. The highest BCUT2D eigenvalue weighted by molar-refractivity contribution is 4.88. The molecule has 4 nitrogen and oxygen atoms in total. The lowest BCUT2D eigenvalue weighted by atomic mass is 10.2. The van der Waals surface area contributed by atoms with Gasteiger partial charge in [-0.2, -0.15) is 0 Å². The highest BCUT2D eigenvalue weighted by atomic mass is 14.9. The van der Waals surface area contributed by atoms with Crippen molar-refractivity contribution in [2.75, 3.05) is 39.3 Å². The summed E-state index contributed by atoms with van der Waals surface area (Å²) in [7, 11) is 0. The average molecular weight is 254 g/mol. The Kier molecular flexibility index (Phi) is 5.89. The quantitative estimate of drug-likeness (QED) is 0.396. The lowest BCUT2D eigenvalue weighted by Crippen LogP contribution is -2.23. The molecule has 18 heavy (non-hydrogen) atoms. The van der Waals surface area contributed by atoms with Crippen molar-refractivity contribution >= 4 is 0 Å². The molecule has 2 aliphatic rings. The van der Waals surface area contributed by atoms with Gasteiger partial charge in [-0.1, -0.05) is 0 Å². The maximum Gasteiger partial charge on any atom is -0.00173 e. The van der Waals surface area contributed by atoms with Crippen molar-refractivity contribution in [3.05, 3.63) is 0 Å². The molecular weight excluding hydrogens is 224 g/mol. The summed E-state index contributed by atoms with van der Waals surface area (Å²) in [5.74, 6) is 3.37. The average Bonchev–Trinajstić information content (AvgIpc) is 3.27. The normalized spacial score (nSPS) is 33.7. The molecule has 0 aliphatic heterocycles. The molecule has 0 saturated heterocycles. The first-order chi connectivity index (χ1) is 8.85. The molecule has 0 unspecified atom stereocenters. The van der Waals surface area contributed by atoms with Gasteiger partial charge in [-0.05, 0) is 88.6 Å². The maximum absolute atomic E-state index is 5.61. The van der Waals surface area contributed by atoms with Crippen LogP contribution in [-0.4, -0.2) is 39.3 Å². The molecule has 0 aromatic heterocycles. The van der Waals surface area contributed by atoms with Gasteiger partial charge in [-0.25, -0.2) is 0 Å². The van der Waals surface area contributed by atoms with Gasteiger partial charge in [0.05, 0.1) is 0 Å². The minimum absolute atomic E-state index is 0.813. The zero-order valence-corrected chi connectivity index (χ0v) is 11.5. The van der Waals surface area contributed by atoms with Gasteiger partial charge in [0.15, 0.2) is 0 Å². The van der Waals surface area contributed by atoms with E-state index in [4.69, 9.17) is 11.5 Å². The molecule has 0 spiro atoms. The Morgan fingerprint density at radius 2 is 1.17 bits per heavy atom. The summed E-state index contributed by atoms with van der Waals surface area (Å²) in [5.41, 5.74) is 11.2. The van der Waals surface area contributed by atoms with Gasteiger partial charge in [-0.15, -0.1) is 0 Å². The van der Waals surface area contributed by atoms with Crippen molar-refractivity contribution in [1.29, 1.82) is 0 Å². The number of nitrogens with one attached hydrogen (secondary N) is 2. The van der Waals surface area contributed by atoms with E-state index in [1.54, 1.807) is 0 Å². The second-order valence-electron chi connectivity index (χ2n) is 6.10. The summed E-state index contributed by atoms with van der Waals surface area (Å²) >= 11 is 0. The molecule has 4 atom stereocenters. The summed E-state index contributed by atoms with van der Waals surface area (Å²) < 4.78 is 0. The van der Waals surface area contributed by atoms with E-state index in [-0.39, 0.29) is 0 Å². The predicted octanol–water partition coefficient (Wildman–Crippen LogP) is 0.135. The van der Waals surface area contributed by atoms with E-state index >= 15 is 0 Å². The van der Waals surface area contributed by atoms with Crippen LogP contribution in [0.5, 0.6) is 0 Å². The highest BCUT2D eigenvalue weighted by Gasteiger charge is 2.35. The molecule has 2 aliphatic carbocycles. The first kappa shape index (κ1) is 14.3. The molecule has 0 amide bonds. The van der Waals surface area contributed by atoms with Crippen molar-refractivity contribution in [3.63, 3.8) is 0 Å². The molecule has 2 saturated carbocycles. The van der Waals surface area contributed by atoms with Gasteiger partial charge in [0.2, 0.25) is 0 Å². The predicted molar refractivity (Wildman–Crippen MR) is 76.3 cm³/mol. The monoisotopic (exact) mass is 254 g/mol. The van der Waals surface area contributed by atoms with Crippen LogP contribution in [0.3, 0.4) is 0 Å². The van der Waals surface area contributed by atoms with Crippen LogP contribution in [0.4, 0.5) is 0 Å². The van der Waals surface area contributed by atoms with Gasteiger partial charge in [0.1, 0.15) is 0 Å². The van der Waals surface area contributed by atoms with Gasteiger partial charge < -0.3 is 22.1 Å². The molecule has 2 rings (SSSR count). The number of hydrogen-bond acceptors (Lipinski definition) is 4. The maximum atomic E-state index is 5.61. The molecular formula is C14H30N4. The smallest absolute Gasteiger partial charge is 0.00173 e. The third-order valence-electron chi connectivity index (χ3n) is 4.51. The molecule has 2 fully saturated rings. The van der Waals surface area contributed by atoms with Gasteiger partial charge in [0.25, 0.3) is 0 Å². The fourth-order valence-electron chi connectivity index (χ4n) is 2.77. The van der Waals surface area contributed by atoms with E-state index in [9.17, 15) is 0 Å². The SMILES string of the molecule is NC[C@@H]1C[C@H]1CNCCCCNC[C@H]1C[C@@H]1CN. The van der Waals surface area contributed by atoms with Crippen molar-refractivity contribution in [2.24, 2.45) is 35.1 Å². The molecule has 0 bridgehead atoms. The minimum atomic E-state index is 0.813. The lowest BCUT2D eigenvalue weighted by molar-refractivity contribution is 0.541. The van der Waals surface area contributed by atoms with Crippen LogP contribution in [0.15, 0.2) is 0 Å². The van der Waals surface area contributed by atoms with Crippen LogP contribution < -0.4 is 22.1 Å². The molecule has 0 aromatic rings.